The van der Waals surface area contributed by atoms with Gasteiger partial charge >= 0.3 is 10.9 Å². The monoisotopic (exact) mass is 309 g/mol. The summed E-state index contributed by atoms with van der Waals surface area (Å²) in [6.07, 6.45) is 1.41. The van der Waals surface area contributed by atoms with Crippen LogP contribution in [0.3, 0.4) is 0 Å². The van der Waals surface area contributed by atoms with Crippen molar-refractivity contribution in [2.75, 3.05) is 18.5 Å². The van der Waals surface area contributed by atoms with Gasteiger partial charge in [0.25, 0.3) is 0 Å². The average molecular weight is 309 g/mol. The zero-order valence-electron chi connectivity index (χ0n) is 12.1. The lowest BCUT2D eigenvalue weighted by Gasteiger charge is -2.10. The van der Waals surface area contributed by atoms with Gasteiger partial charge in [-0.1, -0.05) is 11.3 Å². The van der Waals surface area contributed by atoms with E-state index in [9.17, 15) is 9.59 Å². The maximum Gasteiger partial charge on any atom is 0.319 e. The molecule has 2 aromatic rings. The third-order valence-electron chi connectivity index (χ3n) is 3.26. The summed E-state index contributed by atoms with van der Waals surface area (Å²) < 4.78 is 2.45. The van der Waals surface area contributed by atoms with E-state index in [1.54, 1.807) is 11.6 Å². The molecule has 0 radical (unpaired) electrons. The second-order valence-electron chi connectivity index (χ2n) is 4.87. The molecule has 1 heterocycles. The number of carbonyl (C=O) groups is 1. The Balaban J connectivity index is 2.10. The van der Waals surface area contributed by atoms with E-state index in [2.05, 4.69) is 10.6 Å². The normalized spacial score (nSPS) is 10.8. The first-order valence-corrected chi connectivity index (χ1v) is 7.60. The van der Waals surface area contributed by atoms with Gasteiger partial charge in [-0.3, -0.25) is 4.79 Å². The Morgan fingerprint density at radius 2 is 2.14 bits per heavy atom. The third kappa shape index (κ3) is 3.62. The molecule has 0 saturated carbocycles. The van der Waals surface area contributed by atoms with Crippen molar-refractivity contribution in [3.8, 4) is 0 Å². The van der Waals surface area contributed by atoms with E-state index in [4.69, 9.17) is 5.11 Å². The quantitative estimate of drug-likeness (QED) is 0.737. The molecule has 0 aliphatic carbocycles. The van der Waals surface area contributed by atoms with E-state index < -0.39 is 0 Å². The fourth-order valence-corrected chi connectivity index (χ4v) is 2.92. The summed E-state index contributed by atoms with van der Waals surface area (Å²) in [4.78, 5) is 23.4. The molecule has 0 atom stereocenters. The van der Waals surface area contributed by atoms with Gasteiger partial charge in [-0.2, -0.15) is 0 Å². The molecule has 2 rings (SSSR count). The van der Waals surface area contributed by atoms with E-state index >= 15 is 0 Å². The molecule has 6 nitrogen and oxygen atoms in total. The molecule has 0 saturated heterocycles. The second kappa shape index (κ2) is 6.73. The van der Waals surface area contributed by atoms with Crippen LogP contribution < -0.4 is 15.5 Å². The van der Waals surface area contributed by atoms with E-state index in [0.717, 1.165) is 33.5 Å². The van der Waals surface area contributed by atoms with Crippen LogP contribution in [0.15, 0.2) is 16.9 Å². The number of benzene rings is 1. The predicted molar refractivity (Wildman–Crippen MR) is 85.1 cm³/mol. The molecule has 0 spiro atoms. The predicted octanol–water partition coefficient (Wildman–Crippen LogP) is 1.80. The Labute approximate surface area is 126 Å². The molecule has 21 heavy (non-hydrogen) atoms. The maximum absolute atomic E-state index is 11.8. The van der Waals surface area contributed by atoms with Crippen LogP contribution in [0.25, 0.3) is 10.2 Å². The lowest BCUT2D eigenvalue weighted by molar-refractivity contribution is 0.250. The number of aryl methyl sites for hydroxylation is 2. The van der Waals surface area contributed by atoms with Crippen LogP contribution in [-0.4, -0.2) is 28.9 Å². The lowest BCUT2D eigenvalue weighted by atomic mass is 10.2. The highest BCUT2D eigenvalue weighted by molar-refractivity contribution is 7.16. The molecule has 2 amide bonds. The third-order valence-corrected chi connectivity index (χ3v) is 4.25. The van der Waals surface area contributed by atoms with Crippen molar-refractivity contribution < 1.29 is 9.90 Å². The summed E-state index contributed by atoms with van der Waals surface area (Å²) in [5.41, 5.74) is 2.47. The number of anilines is 1. The van der Waals surface area contributed by atoms with Crippen LogP contribution in [-0.2, 0) is 7.05 Å². The van der Waals surface area contributed by atoms with Crippen LogP contribution in [0.5, 0.6) is 0 Å². The summed E-state index contributed by atoms with van der Waals surface area (Å²) in [7, 11) is 1.74. The smallest absolute Gasteiger partial charge is 0.319 e. The molecule has 0 unspecified atom stereocenters. The van der Waals surface area contributed by atoms with Crippen molar-refractivity contribution in [2.24, 2.45) is 7.05 Å². The number of nitrogens with zero attached hydrogens (tertiary/aromatic N) is 1. The number of fused-ring (bicyclic) bond motifs is 1. The van der Waals surface area contributed by atoms with Gasteiger partial charge in [-0.05, 0) is 37.5 Å². The van der Waals surface area contributed by atoms with Crippen molar-refractivity contribution in [3.63, 3.8) is 0 Å². The van der Waals surface area contributed by atoms with Gasteiger partial charge in [-0.15, -0.1) is 0 Å². The van der Waals surface area contributed by atoms with Gasteiger partial charge in [0.05, 0.1) is 10.2 Å². The highest BCUT2D eigenvalue weighted by Gasteiger charge is 2.09. The van der Waals surface area contributed by atoms with Gasteiger partial charge < -0.3 is 20.3 Å². The fraction of sp³-hybridized carbons (Fsp3) is 0.429. The topological polar surface area (TPSA) is 83.4 Å². The van der Waals surface area contributed by atoms with Crippen LogP contribution in [0, 0.1) is 6.92 Å². The van der Waals surface area contributed by atoms with Gasteiger partial charge in [0.15, 0.2) is 0 Å². The zero-order chi connectivity index (χ0) is 15.4. The van der Waals surface area contributed by atoms with E-state index in [-0.39, 0.29) is 17.5 Å². The van der Waals surface area contributed by atoms with Crippen LogP contribution in [0.4, 0.5) is 10.5 Å². The first-order valence-electron chi connectivity index (χ1n) is 6.79. The standard InChI is InChI=1S/C14H19N3O3S/c1-9-7-11-12(21-14(20)17(11)2)8-10(9)16-13(19)15-5-3-4-6-18/h7-8,18H,3-6H2,1-2H3,(H2,15,16,19). The van der Waals surface area contributed by atoms with Crippen LogP contribution in [0.2, 0.25) is 0 Å². The zero-order valence-corrected chi connectivity index (χ0v) is 12.9. The van der Waals surface area contributed by atoms with Gasteiger partial charge in [0.2, 0.25) is 0 Å². The van der Waals surface area contributed by atoms with Gasteiger partial charge in [0.1, 0.15) is 0 Å². The molecular formula is C14H19N3O3S. The van der Waals surface area contributed by atoms with E-state index in [0.29, 0.717) is 18.7 Å². The molecule has 0 aliphatic rings. The highest BCUT2D eigenvalue weighted by Crippen LogP contribution is 2.25. The molecule has 7 heteroatoms. The Hall–Kier alpha value is -1.86. The maximum atomic E-state index is 11.8. The first kappa shape index (κ1) is 15.5. The molecule has 0 bridgehead atoms. The number of unbranched alkanes of at least 4 members (excludes halogenated alkanes) is 1. The van der Waals surface area contributed by atoms with Crippen molar-refractivity contribution in [3.05, 3.63) is 27.4 Å². The van der Waals surface area contributed by atoms with Gasteiger partial charge in [0, 0.05) is 25.9 Å². The molecule has 1 aromatic carbocycles. The number of thiazole rings is 1. The Kier molecular flexibility index (Phi) is 4.98. The minimum Gasteiger partial charge on any atom is -0.396 e. The summed E-state index contributed by atoms with van der Waals surface area (Å²) in [6, 6.07) is 3.44. The summed E-state index contributed by atoms with van der Waals surface area (Å²) in [5, 5.41) is 14.2. The Morgan fingerprint density at radius 3 is 2.86 bits per heavy atom. The number of aliphatic hydroxyl groups excluding tert-OH is 1. The average Bonchev–Trinajstić information content (AvgIpc) is 2.71. The number of hydrogen-bond donors (Lipinski definition) is 3. The summed E-state index contributed by atoms with van der Waals surface area (Å²) in [6.45, 7) is 2.54. The fourth-order valence-electron chi connectivity index (χ4n) is 2.02. The van der Waals surface area contributed by atoms with Crippen LogP contribution >= 0.6 is 11.3 Å². The van der Waals surface area contributed by atoms with E-state index in [1.807, 2.05) is 19.1 Å². The Bertz CT molecular complexity index is 705. The summed E-state index contributed by atoms with van der Waals surface area (Å²) in [5.74, 6) is 0. The molecule has 114 valence electrons. The lowest BCUT2D eigenvalue weighted by Crippen LogP contribution is -2.29. The van der Waals surface area contributed by atoms with Gasteiger partial charge in [-0.25, -0.2) is 4.79 Å². The minimum absolute atomic E-state index is 0.0185. The highest BCUT2D eigenvalue weighted by atomic mass is 32.1. The summed E-state index contributed by atoms with van der Waals surface area (Å²) >= 11 is 1.16. The van der Waals surface area contributed by atoms with E-state index in [1.165, 1.54) is 0 Å². The molecular weight excluding hydrogens is 290 g/mol. The Morgan fingerprint density at radius 1 is 1.38 bits per heavy atom. The van der Waals surface area contributed by atoms with Crippen molar-refractivity contribution in [1.82, 2.24) is 9.88 Å². The van der Waals surface area contributed by atoms with Crippen molar-refractivity contribution in [2.45, 2.75) is 19.8 Å². The first-order chi connectivity index (χ1) is 10.0. The SMILES string of the molecule is Cc1cc2c(cc1NC(=O)NCCCCO)sc(=O)n2C. The molecule has 0 fully saturated rings. The number of carbonyl (C=O) groups excluding carboxylic acids is 1. The second-order valence-corrected chi connectivity index (χ2v) is 5.87. The number of nitrogens with one attached hydrogen (secondary N) is 2. The number of amides is 2. The molecule has 1 aromatic heterocycles. The number of rotatable bonds is 5. The van der Waals surface area contributed by atoms with Crippen LogP contribution in [0.1, 0.15) is 18.4 Å². The minimum atomic E-state index is -0.279. The number of urea groups is 1. The number of hydrogen-bond acceptors (Lipinski definition) is 4. The number of aliphatic hydroxyl groups is 1. The molecule has 0 aliphatic heterocycles. The van der Waals surface area contributed by atoms with Crippen molar-refractivity contribution in [1.29, 1.82) is 0 Å². The number of aromatic nitrogens is 1. The van der Waals surface area contributed by atoms with Crippen molar-refractivity contribution >= 4 is 33.3 Å². The molecule has 3 N–H and O–H groups in total. The largest absolute Gasteiger partial charge is 0.396 e.